The molecule has 0 aliphatic heterocycles. The maximum atomic E-state index is 12.4. The lowest BCUT2D eigenvalue weighted by molar-refractivity contribution is -0.140. The van der Waals surface area contributed by atoms with Gasteiger partial charge in [0, 0.05) is 6.26 Å². The summed E-state index contributed by atoms with van der Waals surface area (Å²) >= 11 is 0. The highest BCUT2D eigenvalue weighted by atomic mass is 32.2. The van der Waals surface area contributed by atoms with Gasteiger partial charge in [-0.15, -0.1) is 0 Å². The maximum Gasteiger partial charge on any atom is 0.322 e. The summed E-state index contributed by atoms with van der Waals surface area (Å²) in [4.78, 5) is 10.7. The van der Waals surface area contributed by atoms with Gasteiger partial charge in [-0.1, -0.05) is 19.9 Å². The number of carboxylic acid groups (broad SMARTS) is 1. The number of carboxylic acids is 1. The van der Waals surface area contributed by atoms with Crippen molar-refractivity contribution in [1.82, 2.24) is 4.72 Å². The van der Waals surface area contributed by atoms with Crippen LogP contribution in [0.4, 0.5) is 0 Å². The van der Waals surface area contributed by atoms with E-state index in [0.29, 0.717) is 5.56 Å². The van der Waals surface area contributed by atoms with Gasteiger partial charge in [0.2, 0.25) is 10.0 Å². The fraction of sp³-hybridized carbons (Fsp3) is 0.462. The van der Waals surface area contributed by atoms with Crippen molar-refractivity contribution < 1.29 is 26.7 Å². The van der Waals surface area contributed by atoms with E-state index >= 15 is 0 Å². The number of hydrogen-bond acceptors (Lipinski definition) is 5. The standard InChI is InChI=1S/C13H19NO6S2/c1-8(2)12(13(15)16)14-22(19,20)11-7-10(21(4,17)18)6-5-9(11)3/h5-8,12,14H,1-4H3,(H,15,16)/t12-/m1/s1. The number of aliphatic carboxylic acids is 1. The van der Waals surface area contributed by atoms with Crippen molar-refractivity contribution in [2.24, 2.45) is 5.92 Å². The van der Waals surface area contributed by atoms with Gasteiger partial charge in [-0.3, -0.25) is 4.79 Å². The average Bonchev–Trinajstić information content (AvgIpc) is 2.34. The molecule has 7 nitrogen and oxygen atoms in total. The molecule has 0 aromatic heterocycles. The molecule has 1 aromatic carbocycles. The van der Waals surface area contributed by atoms with Gasteiger partial charge in [0.15, 0.2) is 9.84 Å². The zero-order chi connectivity index (χ0) is 17.3. The normalized spacial score (nSPS) is 14.0. The molecule has 0 radical (unpaired) electrons. The maximum absolute atomic E-state index is 12.4. The number of sulfone groups is 1. The monoisotopic (exact) mass is 349 g/mol. The van der Waals surface area contributed by atoms with Crippen LogP contribution in [-0.2, 0) is 24.7 Å². The summed E-state index contributed by atoms with van der Waals surface area (Å²) in [5.41, 5.74) is 0.327. The number of carbonyl (C=O) groups is 1. The number of hydrogen-bond donors (Lipinski definition) is 2. The predicted octanol–water partition coefficient (Wildman–Crippen LogP) is 0.786. The van der Waals surface area contributed by atoms with Gasteiger partial charge in [-0.25, -0.2) is 16.8 Å². The van der Waals surface area contributed by atoms with Crippen LogP contribution < -0.4 is 4.72 Å². The van der Waals surface area contributed by atoms with E-state index in [-0.39, 0.29) is 9.79 Å². The van der Waals surface area contributed by atoms with Crippen LogP contribution in [0.15, 0.2) is 28.0 Å². The smallest absolute Gasteiger partial charge is 0.322 e. The third kappa shape index (κ3) is 4.28. The summed E-state index contributed by atoms with van der Waals surface area (Å²) < 4.78 is 50.0. The average molecular weight is 349 g/mol. The molecular weight excluding hydrogens is 330 g/mol. The lowest BCUT2D eigenvalue weighted by atomic mass is 10.1. The first-order valence-corrected chi connectivity index (χ1v) is 9.79. The predicted molar refractivity (Wildman–Crippen MR) is 80.9 cm³/mol. The van der Waals surface area contributed by atoms with Gasteiger partial charge in [0.05, 0.1) is 9.79 Å². The quantitative estimate of drug-likeness (QED) is 0.784. The number of benzene rings is 1. The van der Waals surface area contributed by atoms with Crippen molar-refractivity contribution >= 4 is 25.8 Å². The molecule has 0 amide bonds. The fourth-order valence-corrected chi connectivity index (χ4v) is 4.13. The lowest BCUT2D eigenvalue weighted by Crippen LogP contribution is -2.44. The van der Waals surface area contributed by atoms with Crippen LogP contribution in [-0.4, -0.2) is 40.2 Å². The molecule has 0 unspecified atom stereocenters. The topological polar surface area (TPSA) is 118 Å². The van der Waals surface area contributed by atoms with E-state index in [4.69, 9.17) is 5.11 Å². The van der Waals surface area contributed by atoms with Gasteiger partial charge in [0.25, 0.3) is 0 Å². The minimum Gasteiger partial charge on any atom is -0.480 e. The summed E-state index contributed by atoms with van der Waals surface area (Å²) in [5, 5.41) is 9.08. The molecule has 1 rings (SSSR count). The minimum absolute atomic E-state index is 0.144. The Morgan fingerprint density at radius 1 is 1.18 bits per heavy atom. The molecule has 0 bridgehead atoms. The first-order valence-electron chi connectivity index (χ1n) is 6.42. The van der Waals surface area contributed by atoms with Gasteiger partial charge in [0.1, 0.15) is 6.04 Å². The van der Waals surface area contributed by atoms with Crippen LogP contribution in [0.3, 0.4) is 0 Å². The summed E-state index contributed by atoms with van der Waals surface area (Å²) in [6, 6.07) is 2.41. The lowest BCUT2D eigenvalue weighted by Gasteiger charge is -2.19. The van der Waals surface area contributed by atoms with Crippen molar-refractivity contribution in [2.75, 3.05) is 6.26 Å². The molecule has 0 aliphatic carbocycles. The number of nitrogens with one attached hydrogen (secondary N) is 1. The zero-order valence-corrected chi connectivity index (χ0v) is 14.3. The molecule has 0 spiro atoms. The van der Waals surface area contributed by atoms with E-state index < -0.39 is 37.8 Å². The molecule has 0 fully saturated rings. The molecule has 1 atom stereocenters. The van der Waals surface area contributed by atoms with Crippen molar-refractivity contribution in [2.45, 2.75) is 36.6 Å². The molecule has 2 N–H and O–H groups in total. The second-order valence-electron chi connectivity index (χ2n) is 5.38. The van der Waals surface area contributed by atoms with E-state index in [2.05, 4.69) is 4.72 Å². The highest BCUT2D eigenvalue weighted by molar-refractivity contribution is 7.91. The molecule has 0 saturated carbocycles. The van der Waals surface area contributed by atoms with Crippen molar-refractivity contribution in [3.05, 3.63) is 23.8 Å². The summed E-state index contributed by atoms with van der Waals surface area (Å²) in [6.07, 6.45) is 0.968. The largest absolute Gasteiger partial charge is 0.480 e. The van der Waals surface area contributed by atoms with Gasteiger partial charge >= 0.3 is 5.97 Å². The molecule has 1 aromatic rings. The first kappa shape index (κ1) is 18.6. The molecule has 22 heavy (non-hydrogen) atoms. The Balaban J connectivity index is 3.37. The van der Waals surface area contributed by atoms with Crippen LogP contribution in [0.25, 0.3) is 0 Å². The van der Waals surface area contributed by atoms with Gasteiger partial charge in [-0.2, -0.15) is 4.72 Å². The molecule has 0 aliphatic rings. The summed E-state index contributed by atoms with van der Waals surface area (Å²) in [7, 11) is -7.73. The van der Waals surface area contributed by atoms with Crippen LogP contribution >= 0.6 is 0 Å². The van der Waals surface area contributed by atoms with Crippen LogP contribution in [0, 0.1) is 12.8 Å². The minimum atomic E-state index is -4.16. The second-order valence-corrected chi connectivity index (χ2v) is 9.08. The van der Waals surface area contributed by atoms with E-state index in [1.807, 2.05) is 0 Å². The molecule has 9 heteroatoms. The van der Waals surface area contributed by atoms with Crippen molar-refractivity contribution in [1.29, 1.82) is 0 Å². The molecule has 0 heterocycles. The van der Waals surface area contributed by atoms with Crippen LogP contribution in [0.5, 0.6) is 0 Å². The Bertz CT molecular complexity index is 781. The van der Waals surface area contributed by atoms with E-state index in [1.54, 1.807) is 13.8 Å². The van der Waals surface area contributed by atoms with E-state index in [0.717, 1.165) is 12.3 Å². The Kier molecular flexibility index (Phi) is 5.37. The SMILES string of the molecule is Cc1ccc(S(C)(=O)=O)cc1S(=O)(=O)N[C@@H](C(=O)O)C(C)C. The zero-order valence-electron chi connectivity index (χ0n) is 12.7. The molecule has 124 valence electrons. The van der Waals surface area contributed by atoms with E-state index in [9.17, 15) is 21.6 Å². The Hall–Kier alpha value is -1.45. The Labute approximate surface area is 130 Å². The first-order chi connectivity index (χ1) is 9.86. The third-order valence-electron chi connectivity index (χ3n) is 3.09. The highest BCUT2D eigenvalue weighted by Gasteiger charge is 2.29. The fourth-order valence-electron chi connectivity index (χ4n) is 1.80. The number of aryl methyl sites for hydroxylation is 1. The molecular formula is C13H19NO6S2. The second kappa shape index (κ2) is 6.35. The van der Waals surface area contributed by atoms with Crippen molar-refractivity contribution in [3.63, 3.8) is 0 Å². The number of rotatable bonds is 6. The van der Waals surface area contributed by atoms with Gasteiger partial charge in [-0.05, 0) is 30.5 Å². The Morgan fingerprint density at radius 3 is 2.14 bits per heavy atom. The summed E-state index contributed by atoms with van der Waals surface area (Å²) in [5.74, 6) is -1.76. The third-order valence-corrected chi connectivity index (χ3v) is 5.79. The van der Waals surface area contributed by atoms with E-state index in [1.165, 1.54) is 19.1 Å². The van der Waals surface area contributed by atoms with Crippen molar-refractivity contribution in [3.8, 4) is 0 Å². The van der Waals surface area contributed by atoms with Crippen LogP contribution in [0.1, 0.15) is 19.4 Å². The number of sulfonamides is 1. The van der Waals surface area contributed by atoms with Crippen LogP contribution in [0.2, 0.25) is 0 Å². The van der Waals surface area contributed by atoms with Gasteiger partial charge < -0.3 is 5.11 Å². The Morgan fingerprint density at radius 2 is 1.73 bits per heavy atom. The summed E-state index contributed by atoms with van der Waals surface area (Å²) in [6.45, 7) is 4.65. The molecule has 0 saturated heterocycles. The highest BCUT2D eigenvalue weighted by Crippen LogP contribution is 2.21.